The molecule has 0 aliphatic carbocycles. The van der Waals surface area contributed by atoms with E-state index in [4.69, 9.17) is 0 Å². The molecule has 1 N–H and O–H groups in total. The van der Waals surface area contributed by atoms with Crippen molar-refractivity contribution in [1.29, 1.82) is 0 Å². The van der Waals surface area contributed by atoms with E-state index in [1.54, 1.807) is 6.20 Å². The Morgan fingerprint density at radius 2 is 1.79 bits per heavy atom. The van der Waals surface area contributed by atoms with Crippen LogP contribution in [0.3, 0.4) is 0 Å². The molecule has 0 saturated carbocycles. The third-order valence-electron chi connectivity index (χ3n) is 4.64. The van der Waals surface area contributed by atoms with Crippen LogP contribution < -0.4 is 5.32 Å². The second kappa shape index (κ2) is 8.00. The summed E-state index contributed by atoms with van der Waals surface area (Å²) in [6, 6.07) is 19.4. The summed E-state index contributed by atoms with van der Waals surface area (Å²) in [6.07, 6.45) is 2.58. The number of hydrazone groups is 1. The Morgan fingerprint density at radius 3 is 2.64 bits per heavy atom. The number of pyridine rings is 1. The molecule has 4 rings (SSSR count). The summed E-state index contributed by atoms with van der Waals surface area (Å²) in [5, 5.41) is 9.64. The van der Waals surface area contributed by atoms with Crippen LogP contribution in [0.25, 0.3) is 10.9 Å². The molecule has 0 spiro atoms. The zero-order chi connectivity index (χ0) is 19.3. The normalized spacial score (nSPS) is 13.4. The molecule has 0 atom stereocenters. The lowest BCUT2D eigenvalue weighted by Crippen LogP contribution is -2.25. The number of carbonyl (C=O) groups is 2. The number of hydrogen-bond acceptors (Lipinski definition) is 4. The van der Waals surface area contributed by atoms with E-state index in [9.17, 15) is 9.59 Å². The third-order valence-corrected chi connectivity index (χ3v) is 4.64. The van der Waals surface area contributed by atoms with Crippen LogP contribution in [0.5, 0.6) is 0 Å². The molecule has 0 unspecified atom stereocenters. The Balaban J connectivity index is 1.32. The van der Waals surface area contributed by atoms with Crippen molar-refractivity contribution in [3.63, 3.8) is 0 Å². The average Bonchev–Trinajstić information content (AvgIpc) is 3.23. The maximum Gasteiger partial charge on any atom is 0.243 e. The van der Waals surface area contributed by atoms with Crippen molar-refractivity contribution >= 4 is 34.1 Å². The predicted molar refractivity (Wildman–Crippen MR) is 109 cm³/mol. The minimum Gasteiger partial charge on any atom is -0.325 e. The number of benzene rings is 2. The minimum atomic E-state index is -0.211. The van der Waals surface area contributed by atoms with E-state index >= 15 is 0 Å². The molecule has 0 saturated heterocycles. The zero-order valence-electron chi connectivity index (χ0n) is 15.3. The van der Waals surface area contributed by atoms with Gasteiger partial charge in [-0.3, -0.25) is 14.6 Å². The molecule has 2 heterocycles. The number of carbonyl (C=O) groups excluding carboxylic acids is 2. The minimum absolute atomic E-state index is 0.109. The summed E-state index contributed by atoms with van der Waals surface area (Å²) in [7, 11) is 0. The molecule has 140 valence electrons. The van der Waals surface area contributed by atoms with Crippen molar-refractivity contribution in [2.45, 2.75) is 19.3 Å². The Morgan fingerprint density at radius 1 is 1.00 bits per heavy atom. The van der Waals surface area contributed by atoms with Crippen LogP contribution in [0.2, 0.25) is 0 Å². The molecule has 0 fully saturated rings. The van der Waals surface area contributed by atoms with Crippen LogP contribution in [-0.2, 0) is 9.59 Å². The maximum atomic E-state index is 12.4. The Labute approximate surface area is 162 Å². The Hall–Kier alpha value is -3.54. The lowest BCUT2D eigenvalue weighted by molar-refractivity contribution is -0.132. The van der Waals surface area contributed by atoms with Crippen molar-refractivity contribution in [3.05, 3.63) is 72.4 Å². The Bertz CT molecular complexity index is 1050. The van der Waals surface area contributed by atoms with E-state index in [0.717, 1.165) is 28.6 Å². The van der Waals surface area contributed by atoms with Gasteiger partial charge in [-0.15, -0.1) is 0 Å². The fourth-order valence-corrected chi connectivity index (χ4v) is 3.18. The highest BCUT2D eigenvalue weighted by molar-refractivity contribution is 6.03. The molecule has 6 nitrogen and oxygen atoms in total. The number of rotatable bonds is 5. The first-order chi connectivity index (χ1) is 13.7. The molecule has 1 aliphatic rings. The smallest absolute Gasteiger partial charge is 0.243 e. The van der Waals surface area contributed by atoms with Gasteiger partial charge in [0.1, 0.15) is 0 Å². The third kappa shape index (κ3) is 4.06. The lowest BCUT2D eigenvalue weighted by Gasteiger charge is -2.11. The van der Waals surface area contributed by atoms with Crippen LogP contribution in [0.15, 0.2) is 72.0 Å². The van der Waals surface area contributed by atoms with Crippen molar-refractivity contribution < 1.29 is 9.59 Å². The molecule has 28 heavy (non-hydrogen) atoms. The number of hydrogen-bond donors (Lipinski definition) is 1. The van der Waals surface area contributed by atoms with Crippen molar-refractivity contribution in [2.75, 3.05) is 11.9 Å². The van der Waals surface area contributed by atoms with Gasteiger partial charge in [-0.2, -0.15) is 5.10 Å². The van der Waals surface area contributed by atoms with E-state index in [1.165, 1.54) is 5.01 Å². The first kappa shape index (κ1) is 17.9. The molecule has 1 aromatic heterocycles. The van der Waals surface area contributed by atoms with Gasteiger partial charge in [-0.05, 0) is 17.7 Å². The SMILES string of the molecule is O=C(CCC(=O)N1CCC(c2ccccc2)=N1)Nc1cnc2ccccc2c1. The van der Waals surface area contributed by atoms with Gasteiger partial charge in [0, 0.05) is 24.6 Å². The molecule has 2 amide bonds. The number of aromatic nitrogens is 1. The monoisotopic (exact) mass is 372 g/mol. The molecule has 6 heteroatoms. The highest BCUT2D eigenvalue weighted by Crippen LogP contribution is 2.17. The van der Waals surface area contributed by atoms with Crippen LogP contribution in [0.1, 0.15) is 24.8 Å². The van der Waals surface area contributed by atoms with E-state index in [2.05, 4.69) is 15.4 Å². The molecule has 0 radical (unpaired) electrons. The molecule has 0 bridgehead atoms. The fourth-order valence-electron chi connectivity index (χ4n) is 3.18. The van der Waals surface area contributed by atoms with E-state index in [-0.39, 0.29) is 24.7 Å². The van der Waals surface area contributed by atoms with Crippen molar-refractivity contribution in [1.82, 2.24) is 9.99 Å². The van der Waals surface area contributed by atoms with Gasteiger partial charge in [0.15, 0.2) is 0 Å². The number of para-hydroxylation sites is 1. The Kier molecular flexibility index (Phi) is 5.10. The van der Waals surface area contributed by atoms with Gasteiger partial charge in [-0.1, -0.05) is 48.5 Å². The maximum absolute atomic E-state index is 12.4. The highest BCUT2D eigenvalue weighted by atomic mass is 16.2. The van der Waals surface area contributed by atoms with E-state index < -0.39 is 0 Å². The molecular weight excluding hydrogens is 352 g/mol. The standard InChI is InChI=1S/C22H20N4O2/c27-21(24-18-14-17-8-4-5-9-19(17)23-15-18)10-11-22(28)26-13-12-20(25-26)16-6-2-1-3-7-16/h1-9,14-15H,10-13H2,(H,24,27). The molecule has 2 aromatic carbocycles. The van der Waals surface area contributed by atoms with Crippen LogP contribution in [0, 0.1) is 0 Å². The quantitative estimate of drug-likeness (QED) is 0.744. The number of anilines is 1. The molecule has 1 aliphatic heterocycles. The molecular formula is C22H20N4O2. The van der Waals surface area contributed by atoms with Gasteiger partial charge < -0.3 is 5.32 Å². The van der Waals surface area contributed by atoms with Gasteiger partial charge in [0.25, 0.3) is 0 Å². The summed E-state index contributed by atoms with van der Waals surface area (Å²) in [6.45, 7) is 0.555. The van der Waals surface area contributed by atoms with Gasteiger partial charge in [0.05, 0.1) is 29.7 Å². The molecule has 3 aromatic rings. The van der Waals surface area contributed by atoms with Gasteiger partial charge >= 0.3 is 0 Å². The van der Waals surface area contributed by atoms with Gasteiger partial charge in [-0.25, -0.2) is 5.01 Å². The van der Waals surface area contributed by atoms with Crippen LogP contribution in [-0.4, -0.2) is 34.1 Å². The zero-order valence-corrected chi connectivity index (χ0v) is 15.3. The van der Waals surface area contributed by atoms with Crippen molar-refractivity contribution in [2.24, 2.45) is 5.10 Å². The second-order valence-electron chi connectivity index (χ2n) is 6.64. The second-order valence-corrected chi connectivity index (χ2v) is 6.64. The summed E-state index contributed by atoms with van der Waals surface area (Å²) in [4.78, 5) is 28.9. The van der Waals surface area contributed by atoms with Crippen LogP contribution >= 0.6 is 0 Å². The number of nitrogens with one attached hydrogen (secondary N) is 1. The fraction of sp³-hybridized carbons (Fsp3) is 0.182. The summed E-state index contributed by atoms with van der Waals surface area (Å²) in [5.74, 6) is -0.352. The summed E-state index contributed by atoms with van der Waals surface area (Å²) >= 11 is 0. The first-order valence-electron chi connectivity index (χ1n) is 9.27. The number of fused-ring (bicyclic) bond motifs is 1. The van der Waals surface area contributed by atoms with Crippen molar-refractivity contribution in [3.8, 4) is 0 Å². The van der Waals surface area contributed by atoms with E-state index in [0.29, 0.717) is 12.2 Å². The largest absolute Gasteiger partial charge is 0.325 e. The number of amides is 2. The number of nitrogens with zero attached hydrogens (tertiary/aromatic N) is 3. The van der Waals surface area contributed by atoms with Gasteiger partial charge in [0.2, 0.25) is 11.8 Å². The summed E-state index contributed by atoms with van der Waals surface area (Å²) in [5.41, 5.74) is 3.43. The van der Waals surface area contributed by atoms with E-state index in [1.807, 2.05) is 60.7 Å². The lowest BCUT2D eigenvalue weighted by atomic mass is 10.1. The predicted octanol–water partition coefficient (Wildman–Crippen LogP) is 3.59. The first-order valence-corrected chi connectivity index (χ1v) is 9.27. The average molecular weight is 372 g/mol. The summed E-state index contributed by atoms with van der Waals surface area (Å²) < 4.78 is 0. The topological polar surface area (TPSA) is 74.7 Å². The van der Waals surface area contributed by atoms with Crippen LogP contribution in [0.4, 0.5) is 5.69 Å². The highest BCUT2D eigenvalue weighted by Gasteiger charge is 2.21.